The number of rotatable bonds is 20. The van der Waals surface area contributed by atoms with Gasteiger partial charge in [0.15, 0.2) is 0 Å². The summed E-state index contributed by atoms with van der Waals surface area (Å²) >= 11 is 0. The molecule has 0 N–H and O–H groups in total. The molecule has 2 saturated carbocycles. The molecule has 11 heteroatoms. The maximum atomic E-state index is 14.8. The fourth-order valence-corrected chi connectivity index (χ4v) is 9.66. The summed E-state index contributed by atoms with van der Waals surface area (Å²) in [6, 6.07) is 11.7. The molecule has 2 aliphatic carbocycles. The maximum Gasteiger partial charge on any atom is 0.435 e. The summed E-state index contributed by atoms with van der Waals surface area (Å²) in [6.07, 6.45) is 11.8. The Kier molecular flexibility index (Phi) is 15.9. The van der Waals surface area contributed by atoms with Crippen molar-refractivity contribution in [1.82, 2.24) is 14.4 Å². The van der Waals surface area contributed by atoms with Crippen LogP contribution in [0.1, 0.15) is 166 Å². The van der Waals surface area contributed by atoms with Crippen LogP contribution in [0, 0.1) is 16.7 Å². The Morgan fingerprint density at radius 1 is 0.644 bits per heavy atom. The summed E-state index contributed by atoms with van der Waals surface area (Å²) in [4.78, 5) is 69.7. The Hall–Kier alpha value is -4.54. The van der Waals surface area contributed by atoms with Crippen LogP contribution in [0.15, 0.2) is 46.7 Å². The molecule has 0 spiro atoms. The van der Waals surface area contributed by atoms with Crippen molar-refractivity contribution in [2.24, 2.45) is 27.1 Å². The Balaban J connectivity index is 1.67. The minimum absolute atomic E-state index is 0.249. The number of aromatic nitrogens is 1. The van der Waals surface area contributed by atoms with E-state index in [-0.39, 0.29) is 11.6 Å². The number of ketones is 2. The van der Waals surface area contributed by atoms with Gasteiger partial charge in [-0.25, -0.2) is 9.59 Å². The van der Waals surface area contributed by atoms with E-state index in [1.165, 1.54) is 0 Å². The Morgan fingerprint density at radius 3 is 1.39 bits per heavy atom. The number of unbranched alkanes of at least 4 members (excludes halogenated alkanes) is 1. The van der Waals surface area contributed by atoms with E-state index in [0.717, 1.165) is 105 Å². The molecule has 3 aromatic rings. The summed E-state index contributed by atoms with van der Waals surface area (Å²) in [7, 11) is 0. The monoisotopic (exact) mass is 812 g/mol. The van der Waals surface area contributed by atoms with Gasteiger partial charge >= 0.3 is 12.2 Å². The second kappa shape index (κ2) is 20.6. The second-order valence-electron chi connectivity index (χ2n) is 16.8. The minimum Gasteiger partial charge on any atom is -0.340 e. The van der Waals surface area contributed by atoms with E-state index in [1.807, 2.05) is 64.1 Å². The number of nitrogens with zero attached hydrogens (tertiary/aromatic N) is 5. The Bertz CT molecular complexity index is 1880. The second-order valence-corrected chi connectivity index (χ2v) is 16.8. The molecular formula is C48H69N5O6. The van der Waals surface area contributed by atoms with Crippen molar-refractivity contribution in [3.8, 4) is 0 Å². The van der Waals surface area contributed by atoms with Gasteiger partial charge in [0.25, 0.3) is 0 Å². The number of amides is 2. The van der Waals surface area contributed by atoms with Crippen molar-refractivity contribution < 1.29 is 28.9 Å². The number of benzene rings is 2. The van der Waals surface area contributed by atoms with E-state index in [4.69, 9.17) is 9.68 Å². The molecule has 59 heavy (non-hydrogen) atoms. The summed E-state index contributed by atoms with van der Waals surface area (Å²) in [5, 5.41) is 10.5. The van der Waals surface area contributed by atoms with E-state index in [2.05, 4.69) is 42.6 Å². The highest BCUT2D eigenvalue weighted by atomic mass is 16.7. The lowest BCUT2D eigenvalue weighted by Gasteiger charge is -2.28. The van der Waals surface area contributed by atoms with Crippen LogP contribution in [0.5, 0.6) is 0 Å². The van der Waals surface area contributed by atoms with E-state index in [0.29, 0.717) is 67.5 Å². The van der Waals surface area contributed by atoms with Gasteiger partial charge in [-0.1, -0.05) is 83.0 Å². The number of hydrogen-bond donors (Lipinski definition) is 0. The van der Waals surface area contributed by atoms with Gasteiger partial charge in [-0.3, -0.25) is 19.3 Å². The zero-order chi connectivity index (χ0) is 42.7. The van der Waals surface area contributed by atoms with Crippen molar-refractivity contribution in [3.63, 3.8) is 0 Å². The third-order valence-electron chi connectivity index (χ3n) is 13.8. The molecule has 322 valence electrons. The average molecular weight is 812 g/mol. The first kappa shape index (κ1) is 45.5. The molecule has 5 rings (SSSR count). The molecule has 2 aromatic carbocycles. The Morgan fingerprint density at radius 2 is 1.05 bits per heavy atom. The largest absolute Gasteiger partial charge is 0.435 e. The van der Waals surface area contributed by atoms with Gasteiger partial charge in [-0.05, 0) is 115 Å². The number of oxime groups is 2. The maximum absolute atomic E-state index is 14.8. The third kappa shape index (κ3) is 9.60. The number of carbonyl (C=O) groups is 4. The summed E-state index contributed by atoms with van der Waals surface area (Å²) in [5.74, 6) is -0.0458. The first-order chi connectivity index (χ1) is 28.5. The van der Waals surface area contributed by atoms with Crippen LogP contribution in [-0.4, -0.2) is 75.7 Å². The molecule has 2 amide bonds. The van der Waals surface area contributed by atoms with Gasteiger partial charge in [0, 0.05) is 76.5 Å². The predicted octanol–water partition coefficient (Wildman–Crippen LogP) is 12.0. The molecule has 11 nitrogen and oxygen atoms in total. The van der Waals surface area contributed by atoms with Crippen LogP contribution >= 0.6 is 0 Å². The number of Topliss-reactive ketones (excluding diaryl/α,β-unsaturated/α-hetero) is 2. The van der Waals surface area contributed by atoms with Gasteiger partial charge in [-0.2, -0.15) is 0 Å². The molecule has 1 heterocycles. The normalized spacial score (nSPS) is 17.0. The number of fused-ring (bicyclic) bond motifs is 3. The number of carbonyl (C=O) groups excluding carboxylic acids is 4. The van der Waals surface area contributed by atoms with Crippen molar-refractivity contribution in [2.45, 2.75) is 152 Å². The van der Waals surface area contributed by atoms with Crippen LogP contribution in [0.4, 0.5) is 9.59 Å². The standard InChI is InChI=1S/C48H69N5O6/c1-9-17-22-34(10-2)33-53-39-25-23-35(41(54)43(47(11-3)27-18-19-28-47)49-58-45(56)51(13-5)14-6)31-37(39)38-32-36(24-26-40(38)53)42(55)44(48(12-4)29-20-21-30-48)50-59-46(57)52(15-7)16-8/h23-26,31-32,34H,9-22,27-30,33H2,1-8H3/b49-43-,50-44-. The van der Waals surface area contributed by atoms with Crippen molar-refractivity contribution in [1.29, 1.82) is 0 Å². The van der Waals surface area contributed by atoms with Crippen LogP contribution in [0.25, 0.3) is 21.8 Å². The first-order valence-corrected chi connectivity index (χ1v) is 22.7. The van der Waals surface area contributed by atoms with Gasteiger partial charge in [0.05, 0.1) is 0 Å². The lowest BCUT2D eigenvalue weighted by Crippen LogP contribution is -2.36. The summed E-state index contributed by atoms with van der Waals surface area (Å²) in [6.45, 7) is 18.9. The predicted molar refractivity (Wildman–Crippen MR) is 237 cm³/mol. The quantitative estimate of drug-likeness (QED) is 0.0484. The first-order valence-electron chi connectivity index (χ1n) is 22.7. The van der Waals surface area contributed by atoms with Gasteiger partial charge in [-0.15, -0.1) is 0 Å². The van der Waals surface area contributed by atoms with Crippen LogP contribution in [0.3, 0.4) is 0 Å². The SMILES string of the molecule is CCCCC(CC)Cn1c2ccc(C(=O)/C(=N/OC(=O)N(CC)CC)C3(CC)CCCC3)cc2c2cc(C(=O)/C(=N/OC(=O)N(CC)CC)C3(CC)CCCC3)ccc21. The zero-order valence-corrected chi connectivity index (χ0v) is 37.2. The van der Waals surface area contributed by atoms with E-state index in [1.54, 1.807) is 9.80 Å². The molecule has 1 atom stereocenters. The van der Waals surface area contributed by atoms with Gasteiger partial charge in [0.2, 0.25) is 11.6 Å². The van der Waals surface area contributed by atoms with E-state index in [9.17, 15) is 19.2 Å². The molecular weight excluding hydrogens is 743 g/mol. The van der Waals surface area contributed by atoms with E-state index < -0.39 is 23.0 Å². The fraction of sp³-hybridized carbons (Fsp3) is 0.625. The Labute approximate surface area is 351 Å². The molecule has 2 aliphatic rings. The van der Waals surface area contributed by atoms with Crippen LogP contribution in [0.2, 0.25) is 0 Å². The molecule has 1 aromatic heterocycles. The van der Waals surface area contributed by atoms with E-state index >= 15 is 0 Å². The summed E-state index contributed by atoms with van der Waals surface area (Å²) < 4.78 is 2.34. The average Bonchev–Trinajstić information content (AvgIpc) is 4.02. The van der Waals surface area contributed by atoms with Crippen LogP contribution in [-0.2, 0) is 16.2 Å². The topological polar surface area (TPSA) is 123 Å². The molecule has 0 radical (unpaired) electrons. The zero-order valence-electron chi connectivity index (χ0n) is 37.2. The van der Waals surface area contributed by atoms with Crippen molar-refractivity contribution >= 4 is 57.0 Å². The fourth-order valence-electron chi connectivity index (χ4n) is 9.66. The molecule has 2 fully saturated rings. The summed E-state index contributed by atoms with van der Waals surface area (Å²) in [5.41, 5.74) is 2.50. The third-order valence-corrected chi connectivity index (χ3v) is 13.8. The molecule has 0 saturated heterocycles. The smallest absolute Gasteiger partial charge is 0.340 e. The van der Waals surface area contributed by atoms with Crippen molar-refractivity contribution in [3.05, 3.63) is 47.5 Å². The highest BCUT2D eigenvalue weighted by Gasteiger charge is 2.43. The molecule has 0 aliphatic heterocycles. The van der Waals surface area contributed by atoms with Crippen LogP contribution < -0.4 is 0 Å². The lowest BCUT2D eigenvalue weighted by molar-refractivity contribution is 0.0984. The minimum atomic E-state index is -0.568. The van der Waals surface area contributed by atoms with Gasteiger partial charge < -0.3 is 14.4 Å². The highest BCUT2D eigenvalue weighted by molar-refractivity contribution is 6.48. The van der Waals surface area contributed by atoms with Crippen molar-refractivity contribution in [2.75, 3.05) is 26.2 Å². The molecule has 1 unspecified atom stereocenters. The van der Waals surface area contributed by atoms with Gasteiger partial charge in [0.1, 0.15) is 11.4 Å². The lowest BCUT2D eigenvalue weighted by atomic mass is 9.75. The number of hydrogen-bond acceptors (Lipinski definition) is 8. The highest BCUT2D eigenvalue weighted by Crippen LogP contribution is 2.45. The molecule has 0 bridgehead atoms.